The molecule has 154 valence electrons. The maximum atomic E-state index is 12.8. The van der Waals surface area contributed by atoms with Crippen LogP contribution in [0.5, 0.6) is 0 Å². The Kier molecular flexibility index (Phi) is 6.54. The molecular formula is C20H21ClN2O5S. The number of benzene rings is 1. The monoisotopic (exact) mass is 436 g/mol. The number of nitro benzene ring substituents is 1. The van der Waals surface area contributed by atoms with Gasteiger partial charge in [0.05, 0.1) is 27.7 Å². The Balaban J connectivity index is 1.97. The first-order valence-corrected chi connectivity index (χ1v) is 10.6. The normalized spacial score (nSPS) is 15.5. The number of hydrogen-bond acceptors (Lipinski definition) is 6. The van der Waals surface area contributed by atoms with Gasteiger partial charge in [0.25, 0.3) is 11.6 Å². The number of anilines is 1. The molecule has 1 heterocycles. The van der Waals surface area contributed by atoms with Crippen molar-refractivity contribution in [1.82, 2.24) is 0 Å². The highest BCUT2D eigenvalue weighted by atomic mass is 35.5. The van der Waals surface area contributed by atoms with E-state index < -0.39 is 16.8 Å². The fourth-order valence-corrected chi connectivity index (χ4v) is 5.03. The van der Waals surface area contributed by atoms with Crippen LogP contribution in [0.4, 0.5) is 10.7 Å². The molecule has 0 saturated heterocycles. The highest BCUT2D eigenvalue weighted by Gasteiger charge is 2.30. The summed E-state index contributed by atoms with van der Waals surface area (Å²) in [5.74, 6) is -0.527. The Bertz CT molecular complexity index is 972. The van der Waals surface area contributed by atoms with Gasteiger partial charge in [0.2, 0.25) is 0 Å². The number of carbonyl (C=O) groups is 2. The van der Waals surface area contributed by atoms with Crippen LogP contribution in [0.2, 0.25) is 5.02 Å². The van der Waals surface area contributed by atoms with Crippen LogP contribution in [0.1, 0.15) is 57.8 Å². The highest BCUT2D eigenvalue weighted by molar-refractivity contribution is 7.17. The van der Waals surface area contributed by atoms with Gasteiger partial charge in [-0.05, 0) is 43.7 Å². The molecule has 0 radical (unpaired) electrons. The van der Waals surface area contributed by atoms with Crippen LogP contribution in [-0.4, -0.2) is 23.4 Å². The predicted octanol–water partition coefficient (Wildman–Crippen LogP) is 5.25. The molecule has 1 aromatic carbocycles. The van der Waals surface area contributed by atoms with Crippen molar-refractivity contribution in [2.45, 2.75) is 39.5 Å². The minimum atomic E-state index is -0.602. The van der Waals surface area contributed by atoms with Crippen molar-refractivity contribution in [1.29, 1.82) is 0 Å². The molecule has 0 aliphatic heterocycles. The summed E-state index contributed by atoms with van der Waals surface area (Å²) < 4.78 is 5.21. The van der Waals surface area contributed by atoms with E-state index in [-0.39, 0.29) is 22.9 Å². The van der Waals surface area contributed by atoms with Gasteiger partial charge in [-0.3, -0.25) is 14.9 Å². The number of esters is 1. The molecule has 0 fully saturated rings. The zero-order valence-electron chi connectivity index (χ0n) is 16.1. The lowest BCUT2D eigenvalue weighted by atomic mass is 9.85. The fraction of sp³-hybridized carbons (Fsp3) is 0.400. The highest BCUT2D eigenvalue weighted by Crippen LogP contribution is 2.41. The van der Waals surface area contributed by atoms with Crippen molar-refractivity contribution in [2.75, 3.05) is 11.9 Å². The van der Waals surface area contributed by atoms with Crippen molar-refractivity contribution in [2.24, 2.45) is 5.92 Å². The molecule has 0 bridgehead atoms. The quantitative estimate of drug-likeness (QED) is 0.378. The van der Waals surface area contributed by atoms with Crippen LogP contribution in [-0.2, 0) is 17.6 Å². The lowest BCUT2D eigenvalue weighted by Gasteiger charge is -2.20. The molecule has 1 aromatic heterocycles. The summed E-state index contributed by atoms with van der Waals surface area (Å²) in [5.41, 5.74) is 1.06. The number of carbonyl (C=O) groups excluding carboxylic acids is 2. The Morgan fingerprint density at radius 2 is 2.14 bits per heavy atom. The van der Waals surface area contributed by atoms with Crippen molar-refractivity contribution < 1.29 is 19.2 Å². The summed E-state index contributed by atoms with van der Waals surface area (Å²) >= 11 is 7.45. The third-order valence-electron chi connectivity index (χ3n) is 5.06. The molecule has 1 atom stereocenters. The number of halogens is 1. The van der Waals surface area contributed by atoms with E-state index in [1.54, 1.807) is 6.92 Å². The number of non-ortho nitro benzene ring substituents is 1. The number of thiophene rings is 1. The summed E-state index contributed by atoms with van der Waals surface area (Å²) in [5, 5.41) is 14.3. The number of hydrogen-bond donors (Lipinski definition) is 1. The van der Waals surface area contributed by atoms with Crippen LogP contribution in [0, 0.1) is 16.0 Å². The second-order valence-electron chi connectivity index (χ2n) is 6.82. The van der Waals surface area contributed by atoms with Crippen molar-refractivity contribution in [3.63, 3.8) is 0 Å². The van der Waals surface area contributed by atoms with Crippen molar-refractivity contribution in [3.8, 4) is 0 Å². The van der Waals surface area contributed by atoms with Gasteiger partial charge in [0.1, 0.15) is 5.00 Å². The second-order valence-corrected chi connectivity index (χ2v) is 8.33. The zero-order valence-corrected chi connectivity index (χ0v) is 17.7. The van der Waals surface area contributed by atoms with Gasteiger partial charge in [-0.2, -0.15) is 0 Å². The number of nitrogens with zero attached hydrogens (tertiary/aromatic N) is 1. The van der Waals surface area contributed by atoms with E-state index in [9.17, 15) is 19.7 Å². The van der Waals surface area contributed by atoms with Crippen LogP contribution in [0.3, 0.4) is 0 Å². The van der Waals surface area contributed by atoms with Gasteiger partial charge < -0.3 is 10.1 Å². The van der Waals surface area contributed by atoms with E-state index in [4.69, 9.17) is 16.3 Å². The average molecular weight is 437 g/mol. The molecular weight excluding hydrogens is 416 g/mol. The van der Waals surface area contributed by atoms with E-state index in [1.807, 2.05) is 0 Å². The second kappa shape index (κ2) is 8.92. The predicted molar refractivity (Wildman–Crippen MR) is 112 cm³/mol. The summed E-state index contributed by atoms with van der Waals surface area (Å²) in [6, 6.07) is 3.67. The van der Waals surface area contributed by atoms with Gasteiger partial charge in [0, 0.05) is 17.0 Å². The maximum absolute atomic E-state index is 12.8. The molecule has 0 spiro atoms. The number of fused-ring (bicyclic) bond motifs is 1. The first-order chi connectivity index (χ1) is 13.8. The van der Waals surface area contributed by atoms with E-state index in [1.165, 1.54) is 23.5 Å². The molecule has 9 heteroatoms. The smallest absolute Gasteiger partial charge is 0.341 e. The van der Waals surface area contributed by atoms with E-state index >= 15 is 0 Å². The molecule has 0 saturated carbocycles. The lowest BCUT2D eigenvalue weighted by Crippen LogP contribution is -2.17. The molecule has 29 heavy (non-hydrogen) atoms. The average Bonchev–Trinajstić information content (AvgIpc) is 3.04. The number of nitrogens with one attached hydrogen (secondary N) is 1. The molecule has 2 aromatic rings. The van der Waals surface area contributed by atoms with Gasteiger partial charge in [-0.1, -0.05) is 24.9 Å². The number of rotatable bonds is 6. The SMILES string of the molecule is CCOC(=O)c1c(NC(=O)c2cc([N+](=O)[O-])ccc2Cl)sc2c1CC[C@H](CC)C2. The Hall–Kier alpha value is -2.45. The van der Waals surface area contributed by atoms with Crippen LogP contribution < -0.4 is 5.32 Å². The minimum absolute atomic E-state index is 0.0199. The molecule has 1 N–H and O–H groups in total. The first-order valence-electron chi connectivity index (χ1n) is 9.42. The Labute approximate surface area is 177 Å². The summed E-state index contributed by atoms with van der Waals surface area (Å²) in [4.78, 5) is 36.9. The van der Waals surface area contributed by atoms with Crippen molar-refractivity contribution >= 4 is 45.5 Å². The van der Waals surface area contributed by atoms with Crippen LogP contribution in [0.15, 0.2) is 18.2 Å². The third-order valence-corrected chi connectivity index (χ3v) is 6.56. The molecule has 3 rings (SSSR count). The largest absolute Gasteiger partial charge is 0.462 e. The van der Waals surface area contributed by atoms with Gasteiger partial charge in [-0.15, -0.1) is 11.3 Å². The van der Waals surface area contributed by atoms with E-state index in [2.05, 4.69) is 12.2 Å². The van der Waals surface area contributed by atoms with Crippen LogP contribution >= 0.6 is 22.9 Å². The number of ether oxygens (including phenoxy) is 1. The summed E-state index contributed by atoms with van der Waals surface area (Å²) in [6.45, 7) is 4.10. The zero-order chi connectivity index (χ0) is 21.1. The lowest BCUT2D eigenvalue weighted by molar-refractivity contribution is -0.384. The van der Waals surface area contributed by atoms with E-state index in [0.29, 0.717) is 16.5 Å². The maximum Gasteiger partial charge on any atom is 0.341 e. The number of amides is 1. The Morgan fingerprint density at radius 3 is 2.79 bits per heavy atom. The standard InChI is InChI=1S/C20H21ClN2O5S/c1-3-11-5-7-13-16(9-11)29-19(17(13)20(25)28-4-2)22-18(24)14-10-12(23(26)27)6-8-15(14)21/h6,8,10-11H,3-5,7,9H2,1-2H3,(H,22,24)/t11-/m0/s1. The van der Waals surface area contributed by atoms with Gasteiger partial charge in [-0.25, -0.2) is 4.79 Å². The Morgan fingerprint density at radius 1 is 1.38 bits per heavy atom. The minimum Gasteiger partial charge on any atom is -0.462 e. The fourth-order valence-electron chi connectivity index (χ4n) is 3.48. The topological polar surface area (TPSA) is 98.5 Å². The molecule has 0 unspecified atom stereocenters. The van der Waals surface area contributed by atoms with Crippen LogP contribution in [0.25, 0.3) is 0 Å². The summed E-state index contributed by atoms with van der Waals surface area (Å²) in [6.07, 6.45) is 3.65. The molecule has 7 nitrogen and oxygen atoms in total. The molecule has 1 aliphatic carbocycles. The molecule has 1 amide bonds. The third kappa shape index (κ3) is 4.43. The van der Waals surface area contributed by atoms with E-state index in [0.717, 1.165) is 42.2 Å². The number of nitro groups is 1. The first kappa shape index (κ1) is 21.3. The molecule has 1 aliphatic rings. The van der Waals surface area contributed by atoms with Crippen molar-refractivity contribution in [3.05, 3.63) is 54.9 Å². The van der Waals surface area contributed by atoms with Gasteiger partial charge in [0.15, 0.2) is 0 Å². The van der Waals surface area contributed by atoms with Gasteiger partial charge >= 0.3 is 5.97 Å². The summed E-state index contributed by atoms with van der Waals surface area (Å²) in [7, 11) is 0.